The van der Waals surface area contributed by atoms with Gasteiger partial charge in [0.15, 0.2) is 6.19 Å². The van der Waals surface area contributed by atoms with Gasteiger partial charge in [0.1, 0.15) is 0 Å². The van der Waals surface area contributed by atoms with Crippen molar-refractivity contribution in [3.63, 3.8) is 0 Å². The summed E-state index contributed by atoms with van der Waals surface area (Å²) in [5, 5.41) is 10.9. The summed E-state index contributed by atoms with van der Waals surface area (Å²) in [6, 6.07) is 5.72. The van der Waals surface area contributed by atoms with E-state index in [1.165, 1.54) is 0 Å². The molecule has 0 aliphatic heterocycles. The average Bonchev–Trinajstić information content (AvgIpc) is 1.95. The lowest BCUT2D eigenvalue weighted by Crippen LogP contribution is -1.89. The first-order valence-corrected chi connectivity index (χ1v) is 3.94. The number of rotatable bonds is 1. The summed E-state index contributed by atoms with van der Waals surface area (Å²) in [4.78, 5) is 0. The summed E-state index contributed by atoms with van der Waals surface area (Å²) in [5.41, 5.74) is 1.91. The minimum absolute atomic E-state index is 0.857. The molecule has 11 heavy (non-hydrogen) atoms. The molecule has 3 heteroatoms. The fourth-order valence-corrected chi connectivity index (χ4v) is 1.30. The van der Waals surface area contributed by atoms with Gasteiger partial charge in [-0.15, -0.1) is 0 Å². The van der Waals surface area contributed by atoms with Crippen LogP contribution in [0.15, 0.2) is 22.7 Å². The molecule has 0 bridgehead atoms. The van der Waals surface area contributed by atoms with Crippen molar-refractivity contribution in [3.05, 3.63) is 28.2 Å². The van der Waals surface area contributed by atoms with Crippen molar-refractivity contribution >= 4 is 21.6 Å². The molecule has 0 saturated heterocycles. The predicted molar refractivity (Wildman–Crippen MR) is 48.1 cm³/mol. The van der Waals surface area contributed by atoms with Crippen LogP contribution in [0.4, 0.5) is 5.69 Å². The number of nitrogens with one attached hydrogen (secondary N) is 1. The molecule has 0 aromatic heterocycles. The Balaban J connectivity index is 3.01. The number of nitriles is 1. The molecule has 0 saturated carbocycles. The van der Waals surface area contributed by atoms with Crippen LogP contribution in [0.25, 0.3) is 0 Å². The quantitative estimate of drug-likeness (QED) is 0.572. The van der Waals surface area contributed by atoms with Gasteiger partial charge in [0.2, 0.25) is 0 Å². The number of aryl methyl sites for hydroxylation is 1. The van der Waals surface area contributed by atoms with Crippen molar-refractivity contribution in [1.82, 2.24) is 0 Å². The first-order chi connectivity index (χ1) is 5.24. The van der Waals surface area contributed by atoms with Crippen LogP contribution in [0.2, 0.25) is 0 Å². The summed E-state index contributed by atoms with van der Waals surface area (Å²) in [6.07, 6.45) is 1.88. The molecule has 0 aliphatic rings. The molecule has 1 aromatic rings. The Bertz CT molecular complexity index is 301. The van der Waals surface area contributed by atoms with E-state index in [0.717, 1.165) is 15.7 Å². The maximum absolute atomic E-state index is 8.34. The molecule has 0 unspecified atom stereocenters. The van der Waals surface area contributed by atoms with E-state index in [1.54, 1.807) is 0 Å². The van der Waals surface area contributed by atoms with Crippen molar-refractivity contribution in [2.75, 3.05) is 5.32 Å². The Kier molecular flexibility index (Phi) is 2.50. The third kappa shape index (κ3) is 1.95. The van der Waals surface area contributed by atoms with Crippen LogP contribution < -0.4 is 5.32 Å². The van der Waals surface area contributed by atoms with Gasteiger partial charge in [0.25, 0.3) is 0 Å². The van der Waals surface area contributed by atoms with Crippen LogP contribution in [0, 0.1) is 18.4 Å². The molecule has 0 heterocycles. The molecule has 1 N–H and O–H groups in total. The highest BCUT2D eigenvalue weighted by Crippen LogP contribution is 2.19. The number of anilines is 1. The van der Waals surface area contributed by atoms with E-state index in [2.05, 4.69) is 21.2 Å². The zero-order valence-electron chi connectivity index (χ0n) is 6.06. The van der Waals surface area contributed by atoms with Gasteiger partial charge in [-0.1, -0.05) is 15.9 Å². The van der Waals surface area contributed by atoms with E-state index >= 15 is 0 Å². The number of halogens is 1. The molecule has 1 rings (SSSR count). The minimum atomic E-state index is 0.857. The topological polar surface area (TPSA) is 35.8 Å². The highest BCUT2D eigenvalue weighted by Gasteiger charge is 1.95. The Labute approximate surface area is 74.0 Å². The molecule has 56 valence electrons. The molecule has 1 aromatic carbocycles. The Morgan fingerprint density at radius 2 is 2.27 bits per heavy atom. The number of benzene rings is 1. The van der Waals surface area contributed by atoms with Gasteiger partial charge in [0, 0.05) is 4.47 Å². The summed E-state index contributed by atoms with van der Waals surface area (Å²) in [6.45, 7) is 1.95. The van der Waals surface area contributed by atoms with Crippen molar-refractivity contribution in [2.45, 2.75) is 6.92 Å². The van der Waals surface area contributed by atoms with Crippen LogP contribution in [0.1, 0.15) is 5.56 Å². The fraction of sp³-hybridized carbons (Fsp3) is 0.125. The number of hydrogen-bond acceptors (Lipinski definition) is 2. The molecule has 0 aliphatic carbocycles. The van der Waals surface area contributed by atoms with Crippen LogP contribution in [0.5, 0.6) is 0 Å². The zero-order chi connectivity index (χ0) is 8.27. The minimum Gasteiger partial charge on any atom is -0.293 e. The Morgan fingerprint density at radius 1 is 1.55 bits per heavy atom. The van der Waals surface area contributed by atoms with Gasteiger partial charge in [-0.05, 0) is 30.7 Å². The standard InChI is InChI=1S/C8H7BrN2/c1-6-4-7(9)2-3-8(6)11-5-10/h2-4,11H,1H3. The smallest absolute Gasteiger partial charge is 0.181 e. The summed E-state index contributed by atoms with van der Waals surface area (Å²) >= 11 is 3.34. The van der Waals surface area contributed by atoms with Gasteiger partial charge in [0.05, 0.1) is 5.69 Å². The maximum Gasteiger partial charge on any atom is 0.181 e. The first kappa shape index (κ1) is 8.09. The molecule has 0 fully saturated rings. The summed E-state index contributed by atoms with van der Waals surface area (Å²) in [5.74, 6) is 0. The Hall–Kier alpha value is -1.01. The fourth-order valence-electron chi connectivity index (χ4n) is 0.828. The normalized spacial score (nSPS) is 8.82. The predicted octanol–water partition coefficient (Wildman–Crippen LogP) is 2.65. The van der Waals surface area contributed by atoms with Crippen LogP contribution >= 0.6 is 15.9 Å². The molecular weight excluding hydrogens is 204 g/mol. The van der Waals surface area contributed by atoms with Crippen LogP contribution in [0.3, 0.4) is 0 Å². The highest BCUT2D eigenvalue weighted by atomic mass is 79.9. The van der Waals surface area contributed by atoms with Gasteiger partial charge < -0.3 is 0 Å². The van der Waals surface area contributed by atoms with Crippen LogP contribution in [-0.4, -0.2) is 0 Å². The lowest BCUT2D eigenvalue weighted by atomic mass is 10.2. The van der Waals surface area contributed by atoms with E-state index in [0.29, 0.717) is 0 Å². The third-order valence-corrected chi connectivity index (χ3v) is 1.87. The van der Waals surface area contributed by atoms with Gasteiger partial charge in [-0.3, -0.25) is 5.32 Å². The lowest BCUT2D eigenvalue weighted by molar-refractivity contribution is 1.40. The van der Waals surface area contributed by atoms with E-state index < -0.39 is 0 Å². The van der Waals surface area contributed by atoms with E-state index in [4.69, 9.17) is 5.26 Å². The monoisotopic (exact) mass is 210 g/mol. The molecule has 0 spiro atoms. The third-order valence-electron chi connectivity index (χ3n) is 1.38. The van der Waals surface area contributed by atoms with E-state index in [9.17, 15) is 0 Å². The Morgan fingerprint density at radius 3 is 2.82 bits per heavy atom. The van der Waals surface area contributed by atoms with Gasteiger partial charge in [-0.25, -0.2) is 0 Å². The van der Waals surface area contributed by atoms with E-state index in [1.807, 2.05) is 31.3 Å². The number of hydrogen-bond donors (Lipinski definition) is 1. The van der Waals surface area contributed by atoms with Crippen molar-refractivity contribution < 1.29 is 0 Å². The molecule has 0 atom stereocenters. The molecule has 2 nitrogen and oxygen atoms in total. The molecular formula is C8H7BrN2. The maximum atomic E-state index is 8.34. The number of nitrogens with zero attached hydrogens (tertiary/aromatic N) is 1. The zero-order valence-corrected chi connectivity index (χ0v) is 7.64. The van der Waals surface area contributed by atoms with Crippen molar-refractivity contribution in [2.24, 2.45) is 0 Å². The second kappa shape index (κ2) is 3.40. The van der Waals surface area contributed by atoms with Crippen LogP contribution in [-0.2, 0) is 0 Å². The van der Waals surface area contributed by atoms with Gasteiger partial charge >= 0.3 is 0 Å². The second-order valence-electron chi connectivity index (χ2n) is 2.20. The average molecular weight is 211 g/mol. The lowest BCUT2D eigenvalue weighted by Gasteiger charge is -2.01. The van der Waals surface area contributed by atoms with E-state index in [-0.39, 0.29) is 0 Å². The molecule has 0 radical (unpaired) electrons. The van der Waals surface area contributed by atoms with Gasteiger partial charge in [-0.2, -0.15) is 5.26 Å². The second-order valence-corrected chi connectivity index (χ2v) is 3.11. The highest BCUT2D eigenvalue weighted by molar-refractivity contribution is 9.10. The summed E-state index contributed by atoms with van der Waals surface area (Å²) in [7, 11) is 0. The van der Waals surface area contributed by atoms with Crippen molar-refractivity contribution in [3.8, 4) is 6.19 Å². The SMILES string of the molecule is Cc1cc(Br)ccc1NC#N. The summed E-state index contributed by atoms with van der Waals surface area (Å²) < 4.78 is 1.03. The first-order valence-electron chi connectivity index (χ1n) is 3.15. The molecule has 0 amide bonds. The van der Waals surface area contributed by atoms with Crippen molar-refractivity contribution in [1.29, 1.82) is 5.26 Å². The largest absolute Gasteiger partial charge is 0.293 e.